The van der Waals surface area contributed by atoms with E-state index in [9.17, 15) is 4.79 Å². The zero-order valence-corrected chi connectivity index (χ0v) is 18.2. The number of hydrogen-bond acceptors (Lipinski definition) is 5. The zero-order chi connectivity index (χ0) is 18.6. The van der Waals surface area contributed by atoms with Crippen LogP contribution in [-0.2, 0) is 11.2 Å². The average molecular weight is 434 g/mol. The summed E-state index contributed by atoms with van der Waals surface area (Å²) in [4.78, 5) is 22.1. The number of benzene rings is 1. The Morgan fingerprint density at radius 1 is 1.25 bits per heavy atom. The summed E-state index contributed by atoms with van der Waals surface area (Å²) < 4.78 is 0. The molecule has 4 nitrogen and oxygen atoms in total. The highest BCUT2D eigenvalue weighted by molar-refractivity contribution is 7.17. The molecule has 4 rings (SSSR count). The molecule has 0 aliphatic carbocycles. The van der Waals surface area contributed by atoms with E-state index in [1.54, 1.807) is 22.7 Å². The molecular weight excluding hydrogens is 410 g/mol. The van der Waals surface area contributed by atoms with Gasteiger partial charge in [-0.3, -0.25) is 4.79 Å². The summed E-state index contributed by atoms with van der Waals surface area (Å²) in [7, 11) is 1.98. The number of thiophene rings is 1. The number of halogens is 1. The van der Waals surface area contributed by atoms with Gasteiger partial charge in [-0.15, -0.1) is 35.1 Å². The van der Waals surface area contributed by atoms with Crippen molar-refractivity contribution in [3.05, 3.63) is 52.7 Å². The van der Waals surface area contributed by atoms with Crippen LogP contribution in [0.2, 0.25) is 0 Å². The van der Waals surface area contributed by atoms with E-state index in [4.69, 9.17) is 4.98 Å². The third kappa shape index (κ3) is 4.63. The van der Waals surface area contributed by atoms with E-state index in [2.05, 4.69) is 28.9 Å². The molecular formula is C21H24ClN3OS2. The smallest absolute Gasteiger partial charge is 0.227 e. The van der Waals surface area contributed by atoms with Crippen LogP contribution in [0.15, 0.2) is 47.8 Å². The summed E-state index contributed by atoms with van der Waals surface area (Å²) >= 11 is 3.32. The minimum absolute atomic E-state index is 0. The largest absolute Gasteiger partial charge is 0.341 e. The van der Waals surface area contributed by atoms with Crippen LogP contribution in [0, 0.1) is 0 Å². The predicted octanol–water partition coefficient (Wildman–Crippen LogP) is 4.71. The first-order valence-electron chi connectivity index (χ1n) is 9.28. The molecule has 148 valence electrons. The van der Waals surface area contributed by atoms with Gasteiger partial charge in [-0.2, -0.15) is 0 Å². The van der Waals surface area contributed by atoms with E-state index in [1.165, 1.54) is 0 Å². The van der Waals surface area contributed by atoms with Crippen molar-refractivity contribution in [1.82, 2.24) is 15.2 Å². The number of piperidine rings is 1. The highest BCUT2D eigenvalue weighted by atomic mass is 35.5. The van der Waals surface area contributed by atoms with Gasteiger partial charge in [-0.05, 0) is 31.3 Å². The van der Waals surface area contributed by atoms with Gasteiger partial charge in [0.1, 0.15) is 5.01 Å². The first-order chi connectivity index (χ1) is 13.2. The molecule has 1 fully saturated rings. The summed E-state index contributed by atoms with van der Waals surface area (Å²) in [6.07, 6.45) is 2.63. The molecule has 1 aromatic carbocycles. The number of carbonyl (C=O) groups excluding carboxylic acids is 1. The second-order valence-electron chi connectivity index (χ2n) is 6.78. The van der Waals surface area contributed by atoms with Crippen molar-refractivity contribution in [3.63, 3.8) is 0 Å². The van der Waals surface area contributed by atoms with E-state index in [0.29, 0.717) is 12.5 Å². The van der Waals surface area contributed by atoms with Crippen LogP contribution in [-0.4, -0.2) is 42.0 Å². The Kier molecular flexibility index (Phi) is 7.24. The molecule has 0 spiro atoms. The fourth-order valence-corrected chi connectivity index (χ4v) is 5.35. The number of rotatable bonds is 5. The average Bonchev–Trinajstić information content (AvgIpc) is 3.38. The van der Waals surface area contributed by atoms with Crippen molar-refractivity contribution < 1.29 is 4.79 Å². The van der Waals surface area contributed by atoms with Gasteiger partial charge in [0.15, 0.2) is 0 Å². The number of carbonyl (C=O) groups is 1. The second kappa shape index (κ2) is 9.65. The van der Waals surface area contributed by atoms with E-state index in [0.717, 1.165) is 52.0 Å². The summed E-state index contributed by atoms with van der Waals surface area (Å²) in [6.45, 7) is 1.66. The van der Waals surface area contributed by atoms with Gasteiger partial charge in [0.2, 0.25) is 5.91 Å². The van der Waals surface area contributed by atoms with Crippen molar-refractivity contribution in [2.75, 3.05) is 20.1 Å². The van der Waals surface area contributed by atoms with Gasteiger partial charge in [0.25, 0.3) is 0 Å². The Labute approximate surface area is 180 Å². The maximum absolute atomic E-state index is 13.0. The highest BCUT2D eigenvalue weighted by Gasteiger charge is 2.25. The van der Waals surface area contributed by atoms with Crippen LogP contribution in [0.1, 0.15) is 17.7 Å². The monoisotopic (exact) mass is 433 g/mol. The first-order valence-corrected chi connectivity index (χ1v) is 11.0. The fraction of sp³-hybridized carbons (Fsp3) is 0.333. The van der Waals surface area contributed by atoms with E-state index >= 15 is 0 Å². The molecule has 3 aromatic rings. The Bertz CT molecular complexity index is 896. The minimum Gasteiger partial charge on any atom is -0.341 e. The number of nitrogens with zero attached hydrogens (tertiary/aromatic N) is 2. The quantitative estimate of drug-likeness (QED) is 0.633. The van der Waals surface area contributed by atoms with Crippen LogP contribution < -0.4 is 5.32 Å². The lowest BCUT2D eigenvalue weighted by Crippen LogP contribution is -2.47. The van der Waals surface area contributed by atoms with Crippen molar-refractivity contribution >= 4 is 41.0 Å². The maximum Gasteiger partial charge on any atom is 0.227 e. The molecule has 7 heteroatoms. The first kappa shape index (κ1) is 21.0. The second-order valence-corrected chi connectivity index (χ2v) is 8.81. The van der Waals surface area contributed by atoms with Crippen molar-refractivity contribution in [2.24, 2.45) is 0 Å². The molecule has 1 aliphatic rings. The Morgan fingerprint density at radius 3 is 2.79 bits per heavy atom. The molecule has 0 radical (unpaired) electrons. The van der Waals surface area contributed by atoms with Crippen LogP contribution in [0.3, 0.4) is 0 Å². The maximum atomic E-state index is 13.0. The SMILES string of the molecule is CNC1CCCN(C(=O)Cc2sc(-c3ccccc3)nc2-c2cccs2)C1.Cl. The molecule has 2 aromatic heterocycles. The number of nitrogens with one attached hydrogen (secondary N) is 1. The third-order valence-electron chi connectivity index (χ3n) is 4.97. The van der Waals surface area contributed by atoms with Gasteiger partial charge in [0, 0.05) is 29.6 Å². The highest BCUT2D eigenvalue weighted by Crippen LogP contribution is 2.36. The third-order valence-corrected chi connectivity index (χ3v) is 6.95. The fourth-order valence-electron chi connectivity index (χ4n) is 3.47. The Morgan fingerprint density at radius 2 is 2.07 bits per heavy atom. The van der Waals surface area contributed by atoms with Gasteiger partial charge >= 0.3 is 0 Å². The van der Waals surface area contributed by atoms with Crippen LogP contribution >= 0.6 is 35.1 Å². The number of amides is 1. The van der Waals surface area contributed by atoms with E-state index < -0.39 is 0 Å². The molecule has 28 heavy (non-hydrogen) atoms. The molecule has 3 heterocycles. The van der Waals surface area contributed by atoms with Crippen molar-refractivity contribution in [2.45, 2.75) is 25.3 Å². The van der Waals surface area contributed by atoms with Crippen LogP contribution in [0.5, 0.6) is 0 Å². The van der Waals surface area contributed by atoms with Gasteiger partial charge in [-0.1, -0.05) is 36.4 Å². The van der Waals surface area contributed by atoms with Gasteiger partial charge in [0.05, 0.1) is 17.0 Å². The molecule has 1 saturated heterocycles. The molecule has 0 bridgehead atoms. The number of aromatic nitrogens is 1. The summed E-state index contributed by atoms with van der Waals surface area (Å²) in [5.41, 5.74) is 2.07. The molecule has 1 unspecified atom stereocenters. The predicted molar refractivity (Wildman–Crippen MR) is 120 cm³/mol. The Balaban J connectivity index is 0.00000225. The zero-order valence-electron chi connectivity index (χ0n) is 15.8. The van der Waals surface area contributed by atoms with E-state index in [1.807, 2.05) is 36.2 Å². The number of likely N-dealkylation sites (N-methyl/N-ethyl adjacent to an activating group) is 1. The number of thiazole rings is 1. The lowest BCUT2D eigenvalue weighted by atomic mass is 10.1. The van der Waals surface area contributed by atoms with Crippen molar-refractivity contribution in [1.29, 1.82) is 0 Å². The molecule has 1 atom stereocenters. The molecule has 1 amide bonds. The van der Waals surface area contributed by atoms with Gasteiger partial charge in [-0.25, -0.2) is 4.98 Å². The van der Waals surface area contributed by atoms with Gasteiger partial charge < -0.3 is 10.2 Å². The number of likely N-dealkylation sites (tertiary alicyclic amines) is 1. The standard InChI is InChI=1S/C21H23N3OS2.ClH/c1-22-16-9-5-11-24(14-16)19(25)13-18-20(17-10-6-12-26-17)23-21(27-18)15-7-3-2-4-8-15;/h2-4,6-8,10,12,16,22H,5,9,11,13-14H2,1H3;1H. The summed E-state index contributed by atoms with van der Waals surface area (Å²) in [5, 5.41) is 6.35. The normalized spacial score (nSPS) is 16.6. The molecule has 1 N–H and O–H groups in total. The van der Waals surface area contributed by atoms with E-state index in [-0.39, 0.29) is 18.3 Å². The lowest BCUT2D eigenvalue weighted by Gasteiger charge is -2.32. The lowest BCUT2D eigenvalue weighted by molar-refractivity contribution is -0.131. The minimum atomic E-state index is 0. The summed E-state index contributed by atoms with van der Waals surface area (Å²) in [5.74, 6) is 0.205. The number of hydrogen-bond donors (Lipinski definition) is 1. The van der Waals surface area contributed by atoms with Crippen LogP contribution in [0.25, 0.3) is 21.1 Å². The topological polar surface area (TPSA) is 45.2 Å². The summed E-state index contributed by atoms with van der Waals surface area (Å²) in [6, 6.07) is 14.7. The molecule has 0 saturated carbocycles. The Hall–Kier alpha value is -1.73. The van der Waals surface area contributed by atoms with Crippen LogP contribution in [0.4, 0.5) is 0 Å². The van der Waals surface area contributed by atoms with Crippen molar-refractivity contribution in [3.8, 4) is 21.1 Å². The molecule has 1 aliphatic heterocycles.